The van der Waals surface area contributed by atoms with Gasteiger partial charge in [-0.15, -0.1) is 13.2 Å². The van der Waals surface area contributed by atoms with Gasteiger partial charge in [0, 0.05) is 12.0 Å². The molecule has 3 nitrogen and oxygen atoms in total. The van der Waals surface area contributed by atoms with Crippen LogP contribution in [0.5, 0.6) is 5.75 Å². The molecule has 0 radical (unpaired) electrons. The molecule has 2 aromatic rings. The Labute approximate surface area is 186 Å². The molecule has 1 aromatic carbocycles. The number of halogens is 4. The number of aryl methyl sites for hydroxylation is 1. The summed E-state index contributed by atoms with van der Waals surface area (Å²) in [4.78, 5) is 4.53. The highest BCUT2D eigenvalue weighted by atomic mass is 19.4. The number of ether oxygens (including phenoxy) is 2. The second kappa shape index (κ2) is 8.65. The number of hydrogen-bond donors (Lipinski definition) is 0. The van der Waals surface area contributed by atoms with Crippen molar-refractivity contribution in [3.8, 4) is 5.75 Å². The third kappa shape index (κ3) is 4.63. The zero-order valence-corrected chi connectivity index (χ0v) is 18.5. The molecule has 174 valence electrons. The van der Waals surface area contributed by atoms with Crippen LogP contribution in [0.1, 0.15) is 62.3 Å². The fourth-order valence-corrected chi connectivity index (χ4v) is 5.84. The molecule has 1 spiro atoms. The number of rotatable bonds is 5. The van der Waals surface area contributed by atoms with Gasteiger partial charge in [-0.1, -0.05) is 38.0 Å². The van der Waals surface area contributed by atoms with Crippen molar-refractivity contribution in [1.82, 2.24) is 4.98 Å². The van der Waals surface area contributed by atoms with E-state index in [0.29, 0.717) is 25.0 Å². The molecule has 1 aromatic heterocycles. The Morgan fingerprint density at radius 1 is 1.16 bits per heavy atom. The molecule has 2 aliphatic rings. The molecule has 2 unspecified atom stereocenters. The summed E-state index contributed by atoms with van der Waals surface area (Å²) in [5.41, 5.74) is 1.44. The highest BCUT2D eigenvalue weighted by Crippen LogP contribution is 2.53. The van der Waals surface area contributed by atoms with Gasteiger partial charge in [0.1, 0.15) is 11.6 Å². The fourth-order valence-electron chi connectivity index (χ4n) is 5.84. The molecule has 0 amide bonds. The number of benzene rings is 1. The lowest BCUT2D eigenvalue weighted by molar-refractivity contribution is -0.274. The Hall–Kier alpha value is -2.15. The lowest BCUT2D eigenvalue weighted by Crippen LogP contribution is -2.50. The number of alkyl halides is 3. The average molecular weight is 452 g/mol. The van der Waals surface area contributed by atoms with E-state index in [2.05, 4.69) is 16.6 Å². The zero-order chi connectivity index (χ0) is 23.0. The molecule has 4 rings (SSSR count). The Morgan fingerprint density at radius 2 is 1.88 bits per heavy atom. The van der Waals surface area contributed by atoms with Crippen molar-refractivity contribution in [2.45, 2.75) is 76.2 Å². The van der Waals surface area contributed by atoms with E-state index in [9.17, 15) is 17.6 Å². The molecular weight excluding hydrogens is 422 g/mol. The first-order valence-electron chi connectivity index (χ1n) is 11.2. The minimum absolute atomic E-state index is 0.0569. The van der Waals surface area contributed by atoms with Crippen LogP contribution in [-0.4, -0.2) is 23.6 Å². The molecule has 32 heavy (non-hydrogen) atoms. The Morgan fingerprint density at radius 3 is 2.56 bits per heavy atom. The summed E-state index contributed by atoms with van der Waals surface area (Å²) in [6, 6.07) is 7.79. The first kappa shape index (κ1) is 23.0. The van der Waals surface area contributed by atoms with E-state index in [1.807, 2.05) is 6.92 Å². The smallest absolute Gasteiger partial charge is 0.406 e. The summed E-state index contributed by atoms with van der Waals surface area (Å²) in [6.45, 7) is 4.48. The van der Waals surface area contributed by atoms with Crippen LogP contribution in [0.25, 0.3) is 0 Å². The molecule has 2 atom stereocenters. The molecule has 1 saturated carbocycles. The Balaban J connectivity index is 1.73. The minimum atomic E-state index is -4.75. The van der Waals surface area contributed by atoms with E-state index in [0.717, 1.165) is 43.4 Å². The van der Waals surface area contributed by atoms with Crippen molar-refractivity contribution in [3.05, 3.63) is 59.2 Å². The molecule has 0 bridgehead atoms. The highest BCUT2D eigenvalue weighted by Gasteiger charge is 2.51. The maximum absolute atomic E-state index is 13.9. The van der Waals surface area contributed by atoms with E-state index in [-0.39, 0.29) is 23.1 Å². The van der Waals surface area contributed by atoms with Crippen molar-refractivity contribution in [2.24, 2.45) is 5.92 Å². The van der Waals surface area contributed by atoms with E-state index in [1.165, 1.54) is 18.3 Å². The summed E-state index contributed by atoms with van der Waals surface area (Å²) < 4.78 is 63.3. The van der Waals surface area contributed by atoms with Gasteiger partial charge in [-0.05, 0) is 68.2 Å². The maximum atomic E-state index is 13.9. The predicted octanol–water partition coefficient (Wildman–Crippen LogP) is 6.67. The van der Waals surface area contributed by atoms with Crippen molar-refractivity contribution < 1.29 is 27.0 Å². The van der Waals surface area contributed by atoms with Gasteiger partial charge in [0.25, 0.3) is 0 Å². The first-order chi connectivity index (χ1) is 15.1. The van der Waals surface area contributed by atoms with E-state index >= 15 is 0 Å². The van der Waals surface area contributed by atoms with Gasteiger partial charge in [-0.2, -0.15) is 0 Å². The molecule has 1 aliphatic heterocycles. The minimum Gasteiger partial charge on any atom is -0.406 e. The second-order valence-electron chi connectivity index (χ2n) is 9.40. The first-order valence-corrected chi connectivity index (χ1v) is 11.2. The van der Waals surface area contributed by atoms with Crippen LogP contribution in [0.15, 0.2) is 36.5 Å². The molecular formula is C25H29F4NO2. The van der Waals surface area contributed by atoms with Crippen LogP contribution in [0, 0.1) is 18.7 Å². The van der Waals surface area contributed by atoms with Crippen LogP contribution in [0.2, 0.25) is 0 Å². The van der Waals surface area contributed by atoms with E-state index < -0.39 is 11.8 Å². The van der Waals surface area contributed by atoms with Gasteiger partial charge in [0.15, 0.2) is 0 Å². The number of aromatic nitrogens is 1. The molecule has 7 heteroatoms. The summed E-state index contributed by atoms with van der Waals surface area (Å²) in [7, 11) is 0. The van der Waals surface area contributed by atoms with Crippen molar-refractivity contribution >= 4 is 0 Å². The van der Waals surface area contributed by atoms with Gasteiger partial charge >= 0.3 is 6.36 Å². The number of para-hydroxylation sites is 1. The molecule has 2 fully saturated rings. The molecule has 1 aliphatic carbocycles. The summed E-state index contributed by atoms with van der Waals surface area (Å²) in [5, 5.41) is 0. The van der Waals surface area contributed by atoms with Gasteiger partial charge in [0.05, 0.1) is 17.5 Å². The van der Waals surface area contributed by atoms with Crippen molar-refractivity contribution in [2.75, 3.05) is 6.61 Å². The third-order valence-corrected chi connectivity index (χ3v) is 7.29. The number of nitrogens with zero attached hydrogens (tertiary/aromatic N) is 1. The predicted molar refractivity (Wildman–Crippen MR) is 113 cm³/mol. The topological polar surface area (TPSA) is 31.4 Å². The van der Waals surface area contributed by atoms with Gasteiger partial charge < -0.3 is 9.47 Å². The molecule has 1 saturated heterocycles. The number of pyridine rings is 1. The zero-order valence-electron chi connectivity index (χ0n) is 18.5. The quantitative estimate of drug-likeness (QED) is 0.476. The van der Waals surface area contributed by atoms with E-state index in [1.54, 1.807) is 18.2 Å². The maximum Gasteiger partial charge on any atom is 0.573 e. The second-order valence-corrected chi connectivity index (χ2v) is 9.40. The molecule has 0 N–H and O–H groups in total. The van der Waals surface area contributed by atoms with Crippen LogP contribution >= 0.6 is 0 Å². The normalized spacial score (nSPS) is 23.9. The van der Waals surface area contributed by atoms with Crippen molar-refractivity contribution in [1.29, 1.82) is 0 Å². The van der Waals surface area contributed by atoms with Crippen LogP contribution in [0.4, 0.5) is 17.6 Å². The Kier molecular flexibility index (Phi) is 6.23. The van der Waals surface area contributed by atoms with Crippen LogP contribution in [0.3, 0.4) is 0 Å². The van der Waals surface area contributed by atoms with Crippen LogP contribution < -0.4 is 4.74 Å². The summed E-state index contributed by atoms with van der Waals surface area (Å²) in [5.74, 6) is -0.618. The van der Waals surface area contributed by atoms with Crippen LogP contribution in [-0.2, 0) is 16.6 Å². The summed E-state index contributed by atoms with van der Waals surface area (Å²) in [6.07, 6.45) is 2.45. The van der Waals surface area contributed by atoms with Gasteiger partial charge in [0.2, 0.25) is 0 Å². The fraction of sp³-hybridized carbons (Fsp3) is 0.560. The lowest BCUT2D eigenvalue weighted by Gasteiger charge is -2.50. The average Bonchev–Trinajstić information content (AvgIpc) is 3.15. The highest BCUT2D eigenvalue weighted by molar-refractivity contribution is 5.36. The lowest BCUT2D eigenvalue weighted by atomic mass is 9.61. The summed E-state index contributed by atoms with van der Waals surface area (Å²) >= 11 is 0. The number of hydrogen-bond acceptors (Lipinski definition) is 3. The SMILES string of the molecule is Cc1cc(F)cnc1C1(C(C)Cc2ccccc2OC(F)(F)F)CCOC2(CCCC2)C1. The van der Waals surface area contributed by atoms with E-state index in [4.69, 9.17) is 4.74 Å². The Bertz CT molecular complexity index is 955. The third-order valence-electron chi connectivity index (χ3n) is 7.29. The largest absolute Gasteiger partial charge is 0.573 e. The monoisotopic (exact) mass is 451 g/mol. The standard InChI is InChI=1S/C25H29F4NO2/c1-17-13-20(26)15-30-22(17)24(11-12-31-23(16-24)9-5-6-10-23)18(2)14-19-7-3-4-8-21(19)32-25(27,28)29/h3-4,7-8,13,15,18H,5-6,9-12,14,16H2,1-2H3. The molecule has 2 heterocycles. The van der Waals surface area contributed by atoms with Gasteiger partial charge in [-0.25, -0.2) is 4.39 Å². The van der Waals surface area contributed by atoms with Crippen molar-refractivity contribution in [3.63, 3.8) is 0 Å². The van der Waals surface area contributed by atoms with Gasteiger partial charge in [-0.3, -0.25) is 4.98 Å².